The molecule has 0 saturated heterocycles. The molecule has 0 amide bonds. The predicted molar refractivity (Wildman–Crippen MR) is 89.9 cm³/mol. The van der Waals surface area contributed by atoms with Gasteiger partial charge in [0.2, 0.25) is 0 Å². The van der Waals surface area contributed by atoms with Gasteiger partial charge in [-0.05, 0) is 65.7 Å². The van der Waals surface area contributed by atoms with E-state index in [4.69, 9.17) is 0 Å². The van der Waals surface area contributed by atoms with Crippen LogP contribution in [0.4, 0.5) is 0 Å². The smallest absolute Gasteiger partial charge is 0.115 e. The van der Waals surface area contributed by atoms with Crippen molar-refractivity contribution in [1.29, 1.82) is 0 Å². The molecule has 0 radical (unpaired) electrons. The van der Waals surface area contributed by atoms with E-state index in [0.29, 0.717) is 18.1 Å². The van der Waals surface area contributed by atoms with Crippen molar-refractivity contribution in [2.75, 3.05) is 0 Å². The molecule has 0 bridgehead atoms. The van der Waals surface area contributed by atoms with Crippen LogP contribution in [0.3, 0.4) is 0 Å². The van der Waals surface area contributed by atoms with E-state index in [9.17, 15) is 10.2 Å². The van der Waals surface area contributed by atoms with E-state index in [1.165, 1.54) is 12.8 Å². The third-order valence-corrected chi connectivity index (χ3v) is 6.37. The molecule has 1 aromatic rings. The van der Waals surface area contributed by atoms with Crippen molar-refractivity contribution in [3.8, 4) is 5.75 Å². The average molecular weight is 300 g/mol. The van der Waals surface area contributed by atoms with E-state index in [1.54, 1.807) is 6.07 Å². The van der Waals surface area contributed by atoms with Gasteiger partial charge in [-0.15, -0.1) is 6.58 Å². The van der Waals surface area contributed by atoms with Crippen molar-refractivity contribution < 1.29 is 10.2 Å². The Morgan fingerprint density at radius 1 is 1.23 bits per heavy atom. The minimum Gasteiger partial charge on any atom is -0.508 e. The molecule has 3 rings (SSSR count). The van der Waals surface area contributed by atoms with Crippen LogP contribution >= 0.6 is 0 Å². The topological polar surface area (TPSA) is 40.5 Å². The van der Waals surface area contributed by atoms with Gasteiger partial charge in [0, 0.05) is 0 Å². The molecule has 22 heavy (non-hydrogen) atoms. The molecule has 0 aromatic heterocycles. The van der Waals surface area contributed by atoms with Crippen LogP contribution in [0.5, 0.6) is 5.75 Å². The van der Waals surface area contributed by atoms with Crippen molar-refractivity contribution in [2.45, 2.75) is 63.9 Å². The third kappa shape index (κ3) is 2.11. The fourth-order valence-electron chi connectivity index (χ4n) is 5.24. The second kappa shape index (κ2) is 4.86. The lowest BCUT2D eigenvalue weighted by molar-refractivity contribution is -0.0662. The van der Waals surface area contributed by atoms with Gasteiger partial charge in [0.25, 0.3) is 0 Å². The number of hydrogen-bond acceptors (Lipinski definition) is 2. The van der Waals surface area contributed by atoms with Crippen LogP contribution in [0.1, 0.15) is 64.0 Å². The fourth-order valence-corrected chi connectivity index (χ4v) is 5.24. The molecular formula is C20H28O2. The summed E-state index contributed by atoms with van der Waals surface area (Å²) in [4.78, 5) is 0. The van der Waals surface area contributed by atoms with Crippen LogP contribution in [0.25, 0.3) is 0 Å². The highest BCUT2D eigenvalue weighted by atomic mass is 16.3. The van der Waals surface area contributed by atoms with Crippen molar-refractivity contribution in [3.05, 3.63) is 42.0 Å². The highest BCUT2D eigenvalue weighted by Crippen LogP contribution is 2.61. The molecule has 2 aliphatic rings. The number of benzene rings is 1. The van der Waals surface area contributed by atoms with Gasteiger partial charge in [0.1, 0.15) is 5.75 Å². The van der Waals surface area contributed by atoms with Crippen LogP contribution in [0, 0.1) is 11.3 Å². The second-order valence-corrected chi connectivity index (χ2v) is 8.27. The van der Waals surface area contributed by atoms with E-state index in [1.807, 2.05) is 18.2 Å². The zero-order chi connectivity index (χ0) is 16.2. The Morgan fingerprint density at radius 2 is 1.95 bits per heavy atom. The van der Waals surface area contributed by atoms with Gasteiger partial charge in [0.05, 0.1) is 5.60 Å². The van der Waals surface area contributed by atoms with Crippen LogP contribution in [-0.2, 0) is 11.0 Å². The first-order valence-electron chi connectivity index (χ1n) is 8.40. The van der Waals surface area contributed by atoms with E-state index in [-0.39, 0.29) is 10.8 Å². The van der Waals surface area contributed by atoms with Gasteiger partial charge in [-0.1, -0.05) is 39.3 Å². The molecule has 120 valence electrons. The summed E-state index contributed by atoms with van der Waals surface area (Å²) in [6, 6.07) is 5.50. The lowest BCUT2D eigenvalue weighted by Gasteiger charge is -2.57. The molecule has 1 saturated carbocycles. The number of phenols is 1. The zero-order valence-electron chi connectivity index (χ0n) is 14.0. The number of rotatable bonds is 2. The largest absolute Gasteiger partial charge is 0.508 e. The molecule has 0 aliphatic heterocycles. The molecule has 2 heteroatoms. The summed E-state index contributed by atoms with van der Waals surface area (Å²) in [6.07, 6.45) is 6.69. The van der Waals surface area contributed by atoms with E-state index in [0.717, 1.165) is 24.0 Å². The summed E-state index contributed by atoms with van der Waals surface area (Å²) in [5.74, 6) is 0.706. The molecule has 0 unspecified atom stereocenters. The second-order valence-electron chi connectivity index (χ2n) is 8.27. The van der Waals surface area contributed by atoms with Gasteiger partial charge in [0.15, 0.2) is 0 Å². The standard InChI is InChI=1S/C20H28O2/c1-5-9-20(22)13-17-18(2,3)10-6-11-19(17,4)16-12-14(21)7-8-15(16)20/h5,7-8,12,17,21-22H,1,6,9-11,13H2,2-4H3/t17-,19+,20-/m1/s1. The van der Waals surface area contributed by atoms with Gasteiger partial charge in [-0.2, -0.15) is 0 Å². The fraction of sp³-hybridized carbons (Fsp3) is 0.600. The highest BCUT2D eigenvalue weighted by molar-refractivity contribution is 5.46. The molecule has 2 N–H and O–H groups in total. The number of aromatic hydroxyl groups is 1. The summed E-state index contributed by atoms with van der Waals surface area (Å²) < 4.78 is 0. The number of aliphatic hydroxyl groups is 1. The summed E-state index contributed by atoms with van der Waals surface area (Å²) >= 11 is 0. The van der Waals surface area contributed by atoms with Crippen LogP contribution in [0.2, 0.25) is 0 Å². The molecule has 1 aromatic carbocycles. The van der Waals surface area contributed by atoms with E-state index >= 15 is 0 Å². The van der Waals surface area contributed by atoms with Gasteiger partial charge in [-0.25, -0.2) is 0 Å². The van der Waals surface area contributed by atoms with E-state index < -0.39 is 5.60 Å². The first kappa shape index (κ1) is 15.6. The quantitative estimate of drug-likeness (QED) is 0.781. The Kier molecular flexibility index (Phi) is 3.45. The lowest BCUT2D eigenvalue weighted by atomic mass is 9.48. The zero-order valence-corrected chi connectivity index (χ0v) is 14.0. The Labute approximate surface area is 133 Å². The maximum Gasteiger partial charge on any atom is 0.115 e. The first-order chi connectivity index (χ1) is 10.2. The molecular weight excluding hydrogens is 272 g/mol. The monoisotopic (exact) mass is 300 g/mol. The number of phenolic OH excluding ortho intramolecular Hbond substituents is 1. The summed E-state index contributed by atoms with van der Waals surface area (Å²) in [5, 5.41) is 21.4. The lowest BCUT2D eigenvalue weighted by Crippen LogP contribution is -2.53. The van der Waals surface area contributed by atoms with Crippen LogP contribution < -0.4 is 0 Å². The van der Waals surface area contributed by atoms with Crippen molar-refractivity contribution >= 4 is 0 Å². The van der Waals surface area contributed by atoms with Gasteiger partial charge >= 0.3 is 0 Å². The van der Waals surface area contributed by atoms with Gasteiger partial charge in [-0.3, -0.25) is 0 Å². The maximum absolute atomic E-state index is 11.3. The highest BCUT2D eigenvalue weighted by Gasteiger charge is 2.55. The number of fused-ring (bicyclic) bond motifs is 3. The summed E-state index contributed by atoms with van der Waals surface area (Å²) in [5.41, 5.74) is 1.50. The Balaban J connectivity index is 2.23. The molecule has 0 heterocycles. The molecule has 2 nitrogen and oxygen atoms in total. The summed E-state index contributed by atoms with van der Waals surface area (Å²) in [6.45, 7) is 10.8. The van der Waals surface area contributed by atoms with E-state index in [2.05, 4.69) is 27.4 Å². The van der Waals surface area contributed by atoms with Crippen molar-refractivity contribution in [1.82, 2.24) is 0 Å². The van der Waals surface area contributed by atoms with Crippen molar-refractivity contribution in [2.24, 2.45) is 11.3 Å². The first-order valence-corrected chi connectivity index (χ1v) is 8.40. The average Bonchev–Trinajstić information content (AvgIpc) is 2.42. The molecule has 1 fully saturated rings. The minimum absolute atomic E-state index is 0.0310. The van der Waals surface area contributed by atoms with Gasteiger partial charge < -0.3 is 10.2 Å². The molecule has 3 atom stereocenters. The number of hydrogen-bond donors (Lipinski definition) is 2. The molecule has 2 aliphatic carbocycles. The SMILES string of the molecule is C=CC[C@@]1(O)C[C@@H]2C(C)(C)CCC[C@@]2(C)c2cc(O)ccc21. The predicted octanol–water partition coefficient (Wildman–Crippen LogP) is 4.64. The Hall–Kier alpha value is -1.28. The summed E-state index contributed by atoms with van der Waals surface area (Å²) in [7, 11) is 0. The Morgan fingerprint density at radius 3 is 2.64 bits per heavy atom. The Bertz CT molecular complexity index is 604. The third-order valence-electron chi connectivity index (χ3n) is 6.37. The van der Waals surface area contributed by atoms with Crippen LogP contribution in [-0.4, -0.2) is 10.2 Å². The maximum atomic E-state index is 11.3. The minimum atomic E-state index is -0.858. The van der Waals surface area contributed by atoms with Crippen LogP contribution in [0.15, 0.2) is 30.9 Å². The van der Waals surface area contributed by atoms with Crippen molar-refractivity contribution in [3.63, 3.8) is 0 Å². The molecule has 0 spiro atoms. The normalized spacial score (nSPS) is 36.3.